The standard InChI is InChI=1S/C16H16N4O3/c21-14-6-5-13(19-20-14)16(23)17-8-7-11-9-10-3-1-2-4-12(10)18-15(11)22/h1-4,9H,5-8H2,(H,17,23)(H,18,22)(H,20,21). The molecule has 0 spiro atoms. The monoisotopic (exact) mass is 312 g/mol. The van der Waals surface area contributed by atoms with Crippen LogP contribution in [0.25, 0.3) is 10.9 Å². The average molecular weight is 312 g/mol. The first-order chi connectivity index (χ1) is 11.1. The van der Waals surface area contributed by atoms with Gasteiger partial charge in [0.05, 0.1) is 0 Å². The van der Waals surface area contributed by atoms with E-state index < -0.39 is 0 Å². The van der Waals surface area contributed by atoms with Crippen LogP contribution >= 0.6 is 0 Å². The summed E-state index contributed by atoms with van der Waals surface area (Å²) in [5.74, 6) is -0.508. The van der Waals surface area contributed by atoms with E-state index in [1.165, 1.54) is 0 Å². The zero-order chi connectivity index (χ0) is 16.2. The van der Waals surface area contributed by atoms with E-state index in [0.29, 0.717) is 30.7 Å². The van der Waals surface area contributed by atoms with Crippen LogP contribution in [-0.4, -0.2) is 29.1 Å². The molecule has 23 heavy (non-hydrogen) atoms. The number of carbonyl (C=O) groups is 2. The van der Waals surface area contributed by atoms with E-state index in [9.17, 15) is 14.4 Å². The molecule has 7 nitrogen and oxygen atoms in total. The molecule has 2 aromatic rings. The molecule has 0 saturated carbocycles. The first kappa shape index (κ1) is 15.0. The molecule has 0 atom stereocenters. The van der Waals surface area contributed by atoms with Crippen molar-refractivity contribution in [1.82, 2.24) is 15.7 Å². The summed E-state index contributed by atoms with van der Waals surface area (Å²) in [6, 6.07) is 9.37. The van der Waals surface area contributed by atoms with E-state index in [-0.39, 0.29) is 23.8 Å². The van der Waals surface area contributed by atoms with Crippen molar-refractivity contribution in [2.24, 2.45) is 5.10 Å². The highest BCUT2D eigenvalue weighted by Crippen LogP contribution is 2.10. The van der Waals surface area contributed by atoms with Crippen molar-refractivity contribution in [3.63, 3.8) is 0 Å². The molecule has 0 bridgehead atoms. The van der Waals surface area contributed by atoms with Gasteiger partial charge in [-0.05, 0) is 23.9 Å². The predicted octanol–water partition coefficient (Wildman–Crippen LogP) is 0.453. The van der Waals surface area contributed by atoms with Gasteiger partial charge in [0, 0.05) is 30.5 Å². The fraction of sp³-hybridized carbons (Fsp3) is 0.250. The van der Waals surface area contributed by atoms with Crippen LogP contribution in [-0.2, 0) is 16.0 Å². The number of aromatic nitrogens is 1. The third-order valence-corrected chi connectivity index (χ3v) is 3.68. The number of pyridine rings is 1. The molecule has 0 fully saturated rings. The van der Waals surface area contributed by atoms with Gasteiger partial charge in [0.25, 0.3) is 11.5 Å². The largest absolute Gasteiger partial charge is 0.351 e. The Balaban J connectivity index is 1.62. The normalized spacial score (nSPS) is 14.3. The van der Waals surface area contributed by atoms with Crippen molar-refractivity contribution in [2.75, 3.05) is 6.54 Å². The number of rotatable bonds is 4. The van der Waals surface area contributed by atoms with Crippen LogP contribution < -0.4 is 16.3 Å². The number of fused-ring (bicyclic) bond motifs is 1. The average Bonchev–Trinajstić information content (AvgIpc) is 2.56. The Morgan fingerprint density at radius 2 is 2.04 bits per heavy atom. The number of hydrogen-bond donors (Lipinski definition) is 3. The molecule has 3 N–H and O–H groups in total. The molecule has 1 aromatic heterocycles. The molecule has 3 rings (SSSR count). The Bertz CT molecular complexity index is 854. The van der Waals surface area contributed by atoms with Crippen LogP contribution in [0.3, 0.4) is 0 Å². The molecule has 2 heterocycles. The number of aromatic amines is 1. The highest BCUT2D eigenvalue weighted by molar-refractivity contribution is 6.39. The topological polar surface area (TPSA) is 103 Å². The minimum Gasteiger partial charge on any atom is -0.351 e. The van der Waals surface area contributed by atoms with Crippen LogP contribution in [0, 0.1) is 0 Å². The zero-order valence-electron chi connectivity index (χ0n) is 12.4. The van der Waals surface area contributed by atoms with Crippen LogP contribution in [0.5, 0.6) is 0 Å². The first-order valence-electron chi connectivity index (χ1n) is 7.38. The number of para-hydroxylation sites is 1. The van der Waals surface area contributed by atoms with Crippen LogP contribution in [0.2, 0.25) is 0 Å². The Labute approximate surface area is 131 Å². The molecule has 1 aliphatic heterocycles. The maximum atomic E-state index is 12.0. The SMILES string of the molecule is O=C1CCC(C(=O)NCCc2cc3ccccc3[nH]c2=O)=NN1. The number of carbonyl (C=O) groups excluding carboxylic acids is 2. The van der Waals surface area contributed by atoms with Crippen molar-refractivity contribution < 1.29 is 9.59 Å². The number of benzene rings is 1. The Kier molecular flexibility index (Phi) is 4.18. The lowest BCUT2D eigenvalue weighted by molar-refractivity contribution is -0.121. The minimum atomic E-state index is -0.317. The molecule has 7 heteroatoms. The van der Waals surface area contributed by atoms with Gasteiger partial charge in [-0.1, -0.05) is 18.2 Å². The van der Waals surface area contributed by atoms with Crippen LogP contribution in [0.1, 0.15) is 18.4 Å². The summed E-state index contributed by atoms with van der Waals surface area (Å²) >= 11 is 0. The second kappa shape index (κ2) is 6.43. The number of hydrogen-bond acceptors (Lipinski definition) is 4. The fourth-order valence-electron chi connectivity index (χ4n) is 2.43. The Morgan fingerprint density at radius 3 is 2.83 bits per heavy atom. The van der Waals surface area contributed by atoms with Gasteiger partial charge in [0.1, 0.15) is 5.71 Å². The predicted molar refractivity (Wildman–Crippen MR) is 86.1 cm³/mol. The summed E-state index contributed by atoms with van der Waals surface area (Å²) in [6.45, 7) is 0.327. The molecule has 0 radical (unpaired) electrons. The van der Waals surface area contributed by atoms with E-state index in [1.807, 2.05) is 30.3 Å². The first-order valence-corrected chi connectivity index (χ1v) is 7.38. The van der Waals surface area contributed by atoms with Gasteiger partial charge < -0.3 is 10.3 Å². The van der Waals surface area contributed by atoms with Crippen molar-refractivity contribution >= 4 is 28.4 Å². The smallest absolute Gasteiger partial charge is 0.267 e. The number of hydrazone groups is 1. The van der Waals surface area contributed by atoms with Gasteiger partial charge in [0.2, 0.25) is 5.91 Å². The number of nitrogens with one attached hydrogen (secondary N) is 3. The molecule has 0 unspecified atom stereocenters. The maximum Gasteiger partial charge on any atom is 0.267 e. The van der Waals surface area contributed by atoms with Gasteiger partial charge in [-0.2, -0.15) is 5.10 Å². The lowest BCUT2D eigenvalue weighted by Crippen LogP contribution is -2.38. The second-order valence-electron chi connectivity index (χ2n) is 5.31. The van der Waals surface area contributed by atoms with Crippen molar-refractivity contribution in [3.05, 3.63) is 46.2 Å². The van der Waals surface area contributed by atoms with Gasteiger partial charge in [-0.3, -0.25) is 14.4 Å². The second-order valence-corrected chi connectivity index (χ2v) is 5.31. The number of amides is 2. The molecule has 0 aliphatic carbocycles. The maximum absolute atomic E-state index is 12.0. The third-order valence-electron chi connectivity index (χ3n) is 3.68. The van der Waals surface area contributed by atoms with Gasteiger partial charge in [0.15, 0.2) is 0 Å². The minimum absolute atomic E-state index is 0.153. The summed E-state index contributed by atoms with van der Waals surface area (Å²) in [5.41, 5.74) is 3.84. The number of nitrogens with zero attached hydrogens (tertiary/aromatic N) is 1. The van der Waals surface area contributed by atoms with E-state index in [2.05, 4.69) is 20.8 Å². The van der Waals surface area contributed by atoms with Crippen molar-refractivity contribution in [2.45, 2.75) is 19.3 Å². The zero-order valence-corrected chi connectivity index (χ0v) is 12.4. The Morgan fingerprint density at radius 1 is 1.22 bits per heavy atom. The fourth-order valence-corrected chi connectivity index (χ4v) is 2.43. The molecular formula is C16H16N4O3. The summed E-state index contributed by atoms with van der Waals surface area (Å²) in [6.07, 6.45) is 1.01. The quantitative estimate of drug-likeness (QED) is 0.763. The van der Waals surface area contributed by atoms with E-state index in [1.54, 1.807) is 0 Å². The molecule has 1 aliphatic rings. The van der Waals surface area contributed by atoms with Crippen molar-refractivity contribution in [1.29, 1.82) is 0 Å². The summed E-state index contributed by atoms with van der Waals surface area (Å²) in [5, 5.41) is 7.40. The molecule has 1 aromatic carbocycles. The van der Waals surface area contributed by atoms with E-state index in [4.69, 9.17) is 0 Å². The van der Waals surface area contributed by atoms with Gasteiger partial charge in [-0.15, -0.1) is 0 Å². The van der Waals surface area contributed by atoms with Gasteiger partial charge >= 0.3 is 0 Å². The molecule has 118 valence electrons. The number of H-pyrrole nitrogens is 1. The van der Waals surface area contributed by atoms with E-state index >= 15 is 0 Å². The molecule has 0 saturated heterocycles. The van der Waals surface area contributed by atoms with Crippen molar-refractivity contribution in [3.8, 4) is 0 Å². The third kappa shape index (κ3) is 3.45. The Hall–Kier alpha value is -2.96. The van der Waals surface area contributed by atoms with E-state index in [0.717, 1.165) is 10.9 Å². The van der Waals surface area contributed by atoms with Crippen LogP contribution in [0.4, 0.5) is 0 Å². The van der Waals surface area contributed by atoms with Gasteiger partial charge in [-0.25, -0.2) is 5.43 Å². The lowest BCUT2D eigenvalue weighted by Gasteiger charge is -2.11. The summed E-state index contributed by atoms with van der Waals surface area (Å²) in [4.78, 5) is 37.7. The summed E-state index contributed by atoms with van der Waals surface area (Å²) < 4.78 is 0. The van der Waals surface area contributed by atoms with Crippen LogP contribution in [0.15, 0.2) is 40.2 Å². The summed E-state index contributed by atoms with van der Waals surface area (Å²) in [7, 11) is 0. The molecular weight excluding hydrogens is 296 g/mol. The highest BCUT2D eigenvalue weighted by Gasteiger charge is 2.17. The molecule has 2 amide bonds. The lowest BCUT2D eigenvalue weighted by atomic mass is 10.1. The highest BCUT2D eigenvalue weighted by atomic mass is 16.2.